The molecule has 2 saturated heterocycles. The van der Waals surface area contributed by atoms with Crippen LogP contribution in [0.25, 0.3) is 11.3 Å². The molecule has 2 fully saturated rings. The Morgan fingerprint density at radius 2 is 1.75 bits per heavy atom. The number of benzene rings is 1. The second kappa shape index (κ2) is 12.2. The summed E-state index contributed by atoms with van der Waals surface area (Å²) < 4.78 is 64.1. The van der Waals surface area contributed by atoms with Crippen molar-refractivity contribution in [3.63, 3.8) is 0 Å². The molecule has 0 unspecified atom stereocenters. The predicted octanol–water partition coefficient (Wildman–Crippen LogP) is 4.01. The highest BCUT2D eigenvalue weighted by Gasteiger charge is 2.37. The van der Waals surface area contributed by atoms with Crippen molar-refractivity contribution in [3.8, 4) is 11.3 Å². The number of nitrogens with one attached hydrogen (secondary N) is 1. The van der Waals surface area contributed by atoms with Crippen molar-refractivity contribution in [2.75, 3.05) is 55.0 Å². The number of nitrogens with zero attached hydrogens (tertiary/aromatic N) is 6. The normalized spacial score (nSPS) is 21.4. The van der Waals surface area contributed by atoms with Gasteiger partial charge in [0.25, 0.3) is 11.5 Å². The van der Waals surface area contributed by atoms with E-state index in [4.69, 9.17) is 4.74 Å². The Kier molecular flexibility index (Phi) is 8.67. The first-order valence-corrected chi connectivity index (χ1v) is 14.3. The number of anilines is 3. The first-order valence-electron chi connectivity index (χ1n) is 14.3. The zero-order valence-corrected chi connectivity index (χ0v) is 25.2. The molecule has 2 aromatic heterocycles. The summed E-state index contributed by atoms with van der Waals surface area (Å²) in [5.41, 5.74) is -2.29. The highest BCUT2D eigenvalue weighted by atomic mass is 19.4. The zero-order valence-electron chi connectivity index (χ0n) is 25.2. The number of rotatable bonds is 5. The minimum Gasteiger partial charge on any atom is -0.375 e. The van der Waals surface area contributed by atoms with E-state index in [1.807, 2.05) is 37.6 Å². The lowest BCUT2D eigenvalue weighted by molar-refractivity contribution is -0.138. The van der Waals surface area contributed by atoms with Crippen molar-refractivity contribution in [1.82, 2.24) is 19.4 Å². The summed E-state index contributed by atoms with van der Waals surface area (Å²) in [7, 11) is 3.24. The Hall–Kier alpha value is -4.04. The summed E-state index contributed by atoms with van der Waals surface area (Å²) in [6.45, 7) is 8.52. The third kappa shape index (κ3) is 6.41. The van der Waals surface area contributed by atoms with E-state index in [0.717, 1.165) is 10.8 Å². The van der Waals surface area contributed by atoms with Crippen LogP contribution >= 0.6 is 0 Å². The summed E-state index contributed by atoms with van der Waals surface area (Å²) in [6.07, 6.45) is -2.63. The number of alkyl halides is 3. The molecule has 0 bridgehead atoms. The number of ether oxygens (including phenoxy) is 1. The molecule has 10 nitrogen and oxygen atoms in total. The number of amides is 1. The molecule has 236 valence electrons. The summed E-state index contributed by atoms with van der Waals surface area (Å²) in [5.74, 6) is -1.32. The molecule has 1 aromatic carbocycles. The van der Waals surface area contributed by atoms with Crippen LogP contribution in [0.4, 0.5) is 34.9 Å². The van der Waals surface area contributed by atoms with E-state index >= 15 is 4.39 Å². The van der Waals surface area contributed by atoms with Crippen LogP contribution in [0.2, 0.25) is 0 Å². The number of likely N-dealkylation sites (N-methyl/N-ethyl adjacent to an activating group) is 1. The van der Waals surface area contributed by atoms with Gasteiger partial charge >= 0.3 is 6.18 Å². The molecular formula is C30H35F4N7O3. The van der Waals surface area contributed by atoms with Gasteiger partial charge < -0.3 is 24.4 Å². The first-order chi connectivity index (χ1) is 20.7. The monoisotopic (exact) mass is 617 g/mol. The van der Waals surface area contributed by atoms with Gasteiger partial charge in [-0.2, -0.15) is 13.2 Å². The smallest absolute Gasteiger partial charge is 0.375 e. The quantitative estimate of drug-likeness (QED) is 0.430. The molecule has 44 heavy (non-hydrogen) atoms. The second-order valence-corrected chi connectivity index (χ2v) is 11.5. The molecule has 14 heteroatoms. The van der Waals surface area contributed by atoms with Crippen LogP contribution in [0.5, 0.6) is 0 Å². The first kappa shape index (κ1) is 31.4. The average Bonchev–Trinajstić information content (AvgIpc) is 2.97. The lowest BCUT2D eigenvalue weighted by Crippen LogP contribution is -2.55. The second-order valence-electron chi connectivity index (χ2n) is 11.5. The number of hydrogen-bond donors (Lipinski definition) is 1. The van der Waals surface area contributed by atoms with E-state index in [1.165, 1.54) is 31.4 Å². The fourth-order valence-corrected chi connectivity index (χ4v) is 5.61. The van der Waals surface area contributed by atoms with Crippen LogP contribution in [0.3, 0.4) is 0 Å². The molecule has 0 radical (unpaired) electrons. The van der Waals surface area contributed by atoms with Crippen molar-refractivity contribution in [2.45, 2.75) is 45.1 Å². The third-order valence-corrected chi connectivity index (χ3v) is 8.26. The highest BCUT2D eigenvalue weighted by Crippen LogP contribution is 2.37. The van der Waals surface area contributed by atoms with Gasteiger partial charge in [0.2, 0.25) is 5.95 Å². The van der Waals surface area contributed by atoms with Crippen LogP contribution in [-0.4, -0.2) is 83.4 Å². The number of pyridine rings is 1. The fourth-order valence-electron chi connectivity index (χ4n) is 5.61. The molecule has 0 spiro atoms. The van der Waals surface area contributed by atoms with Crippen molar-refractivity contribution in [1.29, 1.82) is 0 Å². The fraction of sp³-hybridized carbons (Fsp3) is 0.467. The Bertz CT molecular complexity index is 1600. The lowest BCUT2D eigenvalue weighted by Gasteiger charge is -2.44. The van der Waals surface area contributed by atoms with E-state index in [9.17, 15) is 22.8 Å². The van der Waals surface area contributed by atoms with Gasteiger partial charge in [-0.25, -0.2) is 14.4 Å². The molecule has 1 N–H and O–H groups in total. The largest absolute Gasteiger partial charge is 0.417 e. The van der Waals surface area contributed by atoms with Gasteiger partial charge in [0.1, 0.15) is 5.82 Å². The van der Waals surface area contributed by atoms with Crippen LogP contribution < -0.4 is 20.7 Å². The lowest BCUT2D eigenvalue weighted by atomic mass is 10.0. The zero-order chi connectivity index (χ0) is 31.9. The van der Waals surface area contributed by atoms with Crippen LogP contribution in [0.1, 0.15) is 36.7 Å². The Labute approximate surface area is 252 Å². The van der Waals surface area contributed by atoms with E-state index in [1.54, 1.807) is 0 Å². The number of carbonyl (C=O) groups excluding carboxylic acids is 1. The van der Waals surface area contributed by atoms with E-state index in [0.29, 0.717) is 50.5 Å². The minimum atomic E-state index is -4.95. The summed E-state index contributed by atoms with van der Waals surface area (Å²) >= 11 is 0. The molecule has 3 atom stereocenters. The van der Waals surface area contributed by atoms with Gasteiger partial charge in [-0.3, -0.25) is 14.5 Å². The number of hydrogen-bond acceptors (Lipinski definition) is 8. The van der Waals surface area contributed by atoms with Crippen molar-refractivity contribution in [3.05, 3.63) is 64.0 Å². The van der Waals surface area contributed by atoms with Gasteiger partial charge in [-0.1, -0.05) is 0 Å². The van der Waals surface area contributed by atoms with Gasteiger partial charge in [0.05, 0.1) is 40.9 Å². The number of aryl methyl sites for hydroxylation is 1. The van der Waals surface area contributed by atoms with Crippen LogP contribution in [-0.2, 0) is 18.0 Å². The average molecular weight is 618 g/mol. The number of aromatic nitrogens is 3. The Morgan fingerprint density at radius 3 is 2.41 bits per heavy atom. The molecule has 5 rings (SSSR count). The Morgan fingerprint density at radius 1 is 1.05 bits per heavy atom. The number of piperazine rings is 1. The number of halogens is 4. The van der Waals surface area contributed by atoms with E-state index in [-0.39, 0.29) is 35.1 Å². The maximum atomic E-state index is 15.9. The molecule has 0 aliphatic carbocycles. The maximum Gasteiger partial charge on any atom is 0.417 e. The SMILES string of the molecule is C[C@@H]1CN(c2cc(F)c(-c3ccnc(N4CCO[C@@H](C)C4)n3)cc2NC(=O)c2cn(C)c(=O)cc2C(F)(F)F)C[C@H](C)N1C. The van der Waals surface area contributed by atoms with Gasteiger partial charge in [-0.15, -0.1) is 0 Å². The molecule has 0 saturated carbocycles. The Balaban J connectivity index is 1.59. The summed E-state index contributed by atoms with van der Waals surface area (Å²) in [5, 5.41) is 2.60. The molecule has 2 aliphatic rings. The molecule has 4 heterocycles. The van der Waals surface area contributed by atoms with Crippen LogP contribution in [0, 0.1) is 5.82 Å². The topological polar surface area (TPSA) is 95.8 Å². The van der Waals surface area contributed by atoms with Crippen molar-refractivity contribution in [2.24, 2.45) is 7.05 Å². The number of morpholine rings is 1. The third-order valence-electron chi connectivity index (χ3n) is 8.26. The molecule has 1 amide bonds. The highest BCUT2D eigenvalue weighted by molar-refractivity contribution is 6.07. The van der Waals surface area contributed by atoms with Gasteiger partial charge in [0.15, 0.2) is 0 Å². The van der Waals surface area contributed by atoms with Crippen molar-refractivity contribution >= 4 is 23.2 Å². The summed E-state index contributed by atoms with van der Waals surface area (Å²) in [4.78, 5) is 40.5. The molecule has 2 aliphatic heterocycles. The van der Waals surface area contributed by atoms with Crippen molar-refractivity contribution < 1.29 is 27.1 Å². The van der Waals surface area contributed by atoms with E-state index in [2.05, 4.69) is 20.2 Å². The van der Waals surface area contributed by atoms with E-state index < -0.39 is 34.6 Å². The minimum absolute atomic E-state index is 0.0405. The van der Waals surface area contributed by atoms with Crippen LogP contribution in [0.15, 0.2) is 41.5 Å². The number of carbonyl (C=O) groups is 1. The van der Waals surface area contributed by atoms with Gasteiger partial charge in [0, 0.05) is 69.3 Å². The summed E-state index contributed by atoms with van der Waals surface area (Å²) in [6, 6.07) is 4.74. The molecular weight excluding hydrogens is 582 g/mol. The van der Waals surface area contributed by atoms with Gasteiger partial charge in [-0.05, 0) is 46.0 Å². The maximum absolute atomic E-state index is 15.9. The standard InChI is InChI=1S/C30H35F4N7O3/c1-17-13-41(14-18(2)39(17)5)26-12-23(31)20(24-6-7-35-29(37-24)40-8-9-44-19(3)15-40)10-25(26)36-28(43)21-16-38(4)27(42)11-22(21)30(32,33)34/h6-7,10-12,16-19H,8-9,13-15H2,1-5H3,(H,36,43)/t17-,18+,19-/m0/s1. The predicted molar refractivity (Wildman–Crippen MR) is 159 cm³/mol. The molecule has 3 aromatic rings.